The zero-order valence-electron chi connectivity index (χ0n) is 18.7. The number of fused-ring (bicyclic) bond motifs is 1. The molecule has 0 spiro atoms. The summed E-state index contributed by atoms with van der Waals surface area (Å²) < 4.78 is 5.81. The summed E-state index contributed by atoms with van der Waals surface area (Å²) in [7, 11) is 1.79. The minimum Gasteiger partial charge on any atom is -0.497 e. The smallest absolute Gasteiger partial charge is 0.119 e. The minimum absolute atomic E-state index is 0.121. The molecule has 2 bridgehead atoms. The number of rotatable bonds is 5. The first-order chi connectivity index (χ1) is 15.2. The van der Waals surface area contributed by atoms with E-state index in [0.717, 1.165) is 43.8 Å². The Kier molecular flexibility index (Phi) is 4.88. The number of hydrogen-bond acceptors (Lipinski definition) is 3. The van der Waals surface area contributed by atoms with Crippen LogP contribution in [0.3, 0.4) is 0 Å². The molecule has 6 rings (SSSR count). The number of likely N-dealkylation sites (tertiary alicyclic amines) is 1. The van der Waals surface area contributed by atoms with E-state index in [1.165, 1.54) is 49.0 Å². The van der Waals surface area contributed by atoms with E-state index in [1.54, 1.807) is 12.7 Å². The average Bonchev–Trinajstić information content (AvgIpc) is 3.60. The van der Waals surface area contributed by atoms with Crippen molar-refractivity contribution in [1.82, 2.24) is 4.90 Å². The monoisotopic (exact) mass is 417 g/mol. The molecule has 1 N–H and O–H groups in total. The fourth-order valence-corrected chi connectivity index (χ4v) is 7.20. The van der Waals surface area contributed by atoms with Gasteiger partial charge in [0.25, 0.3) is 0 Å². The quantitative estimate of drug-likeness (QED) is 0.764. The van der Waals surface area contributed by atoms with Crippen LogP contribution in [0, 0.1) is 11.8 Å². The molecule has 0 aromatic heterocycles. The second-order valence-electron chi connectivity index (χ2n) is 10.6. The Labute approximate surface area is 186 Å². The molecule has 164 valence electrons. The highest BCUT2D eigenvalue weighted by atomic mass is 16.5. The van der Waals surface area contributed by atoms with Gasteiger partial charge in [-0.3, -0.25) is 4.90 Å². The van der Waals surface area contributed by atoms with Crippen LogP contribution in [0.5, 0.6) is 5.75 Å². The van der Waals surface area contributed by atoms with Crippen LogP contribution in [0.1, 0.15) is 60.8 Å². The van der Waals surface area contributed by atoms with Gasteiger partial charge in [-0.25, -0.2) is 0 Å². The molecule has 2 aromatic rings. The van der Waals surface area contributed by atoms with Crippen molar-refractivity contribution in [2.75, 3.05) is 20.2 Å². The van der Waals surface area contributed by atoms with Crippen LogP contribution in [0.2, 0.25) is 0 Å². The lowest BCUT2D eigenvalue weighted by molar-refractivity contribution is -0.0496. The van der Waals surface area contributed by atoms with E-state index in [9.17, 15) is 5.11 Å². The average molecular weight is 418 g/mol. The number of aliphatic hydroxyl groups is 1. The first kappa shape index (κ1) is 19.8. The highest BCUT2D eigenvalue weighted by molar-refractivity contribution is 5.51. The van der Waals surface area contributed by atoms with Crippen molar-refractivity contribution in [2.24, 2.45) is 11.8 Å². The van der Waals surface area contributed by atoms with Gasteiger partial charge in [-0.05, 0) is 104 Å². The van der Waals surface area contributed by atoms with E-state index in [4.69, 9.17) is 4.74 Å². The van der Waals surface area contributed by atoms with Crippen LogP contribution in [0.15, 0.2) is 42.5 Å². The third-order valence-electron chi connectivity index (χ3n) is 8.83. The van der Waals surface area contributed by atoms with Crippen molar-refractivity contribution >= 4 is 0 Å². The number of nitrogens with zero attached hydrogens (tertiary/aromatic N) is 1. The third kappa shape index (κ3) is 3.41. The third-order valence-corrected chi connectivity index (χ3v) is 8.83. The summed E-state index contributed by atoms with van der Waals surface area (Å²) >= 11 is 0. The Morgan fingerprint density at radius 2 is 1.94 bits per heavy atom. The molecule has 0 amide bonds. The standard InChI is InChI=1S/C28H35NO2/c1-31-23-14-21(13-19-5-3-2-4-6-19)24-16-27-25-10-9-22(30)17-28(25,26(24)15-23)11-12-29(27)18-20-7-8-20/h2-6,14-15,20,22,25,27,30H,7-13,16-18H2,1H3/t22-,25+,27-,28+/m1/s1. The fourth-order valence-electron chi connectivity index (χ4n) is 7.20. The maximum atomic E-state index is 10.8. The summed E-state index contributed by atoms with van der Waals surface area (Å²) in [6.07, 6.45) is 9.04. The summed E-state index contributed by atoms with van der Waals surface area (Å²) in [5.74, 6) is 2.59. The molecule has 4 atom stereocenters. The molecule has 31 heavy (non-hydrogen) atoms. The van der Waals surface area contributed by atoms with Gasteiger partial charge < -0.3 is 9.84 Å². The number of ether oxygens (including phenoxy) is 1. The normalized spacial score (nSPS) is 32.3. The van der Waals surface area contributed by atoms with Gasteiger partial charge in [0.2, 0.25) is 0 Å². The van der Waals surface area contributed by atoms with Crippen LogP contribution in [0.25, 0.3) is 0 Å². The van der Waals surface area contributed by atoms with Crippen LogP contribution < -0.4 is 4.74 Å². The number of piperidine rings is 1. The van der Waals surface area contributed by atoms with Crippen molar-refractivity contribution in [3.63, 3.8) is 0 Å². The molecular formula is C28H35NO2. The Balaban J connectivity index is 1.47. The fraction of sp³-hybridized carbons (Fsp3) is 0.571. The maximum absolute atomic E-state index is 10.8. The lowest BCUT2D eigenvalue weighted by atomic mass is 9.51. The summed E-state index contributed by atoms with van der Waals surface area (Å²) in [6, 6.07) is 16.1. The number of aliphatic hydroxyl groups excluding tert-OH is 1. The SMILES string of the molecule is COc1cc(Cc2ccccc2)c2c(c1)[C@]13CCN(CC4CC4)[C@H](C2)[C@@H]1CC[C@@H](O)C3. The molecule has 2 saturated carbocycles. The summed E-state index contributed by atoms with van der Waals surface area (Å²) in [5.41, 5.74) is 5.97. The van der Waals surface area contributed by atoms with E-state index in [-0.39, 0.29) is 11.5 Å². The molecule has 0 unspecified atom stereocenters. The van der Waals surface area contributed by atoms with Crippen LogP contribution in [0.4, 0.5) is 0 Å². The second-order valence-corrected chi connectivity index (χ2v) is 10.6. The van der Waals surface area contributed by atoms with Crippen LogP contribution in [-0.2, 0) is 18.3 Å². The van der Waals surface area contributed by atoms with E-state index in [1.807, 2.05) is 0 Å². The van der Waals surface area contributed by atoms with E-state index >= 15 is 0 Å². The largest absolute Gasteiger partial charge is 0.497 e. The molecule has 1 aliphatic heterocycles. The highest BCUT2D eigenvalue weighted by Crippen LogP contribution is 2.57. The maximum Gasteiger partial charge on any atom is 0.119 e. The van der Waals surface area contributed by atoms with Crippen molar-refractivity contribution in [3.8, 4) is 5.75 Å². The number of benzene rings is 2. The predicted molar refractivity (Wildman–Crippen MR) is 124 cm³/mol. The molecule has 1 heterocycles. The van der Waals surface area contributed by atoms with E-state index in [0.29, 0.717) is 12.0 Å². The van der Waals surface area contributed by atoms with E-state index < -0.39 is 0 Å². The Bertz CT molecular complexity index is 953. The molecule has 0 radical (unpaired) electrons. The summed E-state index contributed by atoms with van der Waals surface area (Å²) in [6.45, 7) is 2.48. The summed E-state index contributed by atoms with van der Waals surface area (Å²) in [5, 5.41) is 10.8. The van der Waals surface area contributed by atoms with Crippen molar-refractivity contribution in [2.45, 2.75) is 68.9 Å². The molecule has 3 heteroatoms. The number of methoxy groups -OCH3 is 1. The molecule has 3 fully saturated rings. The Hall–Kier alpha value is -1.84. The van der Waals surface area contributed by atoms with Crippen molar-refractivity contribution in [3.05, 3.63) is 64.7 Å². The first-order valence-corrected chi connectivity index (χ1v) is 12.3. The van der Waals surface area contributed by atoms with Gasteiger partial charge in [-0.2, -0.15) is 0 Å². The van der Waals surface area contributed by atoms with Gasteiger partial charge in [-0.1, -0.05) is 30.3 Å². The lowest BCUT2D eigenvalue weighted by Crippen LogP contribution is -2.62. The van der Waals surface area contributed by atoms with Crippen molar-refractivity contribution < 1.29 is 9.84 Å². The van der Waals surface area contributed by atoms with Gasteiger partial charge in [0.1, 0.15) is 5.75 Å². The Morgan fingerprint density at radius 1 is 1.10 bits per heavy atom. The minimum atomic E-state index is -0.165. The van der Waals surface area contributed by atoms with Crippen molar-refractivity contribution in [1.29, 1.82) is 0 Å². The predicted octanol–water partition coefficient (Wildman–Crippen LogP) is 4.73. The molecule has 2 aromatic carbocycles. The van der Waals surface area contributed by atoms with Gasteiger partial charge >= 0.3 is 0 Å². The molecular weight excluding hydrogens is 382 g/mol. The topological polar surface area (TPSA) is 32.7 Å². The van der Waals surface area contributed by atoms with Gasteiger partial charge in [0.05, 0.1) is 13.2 Å². The first-order valence-electron chi connectivity index (χ1n) is 12.3. The highest BCUT2D eigenvalue weighted by Gasteiger charge is 2.56. The summed E-state index contributed by atoms with van der Waals surface area (Å²) in [4.78, 5) is 2.84. The second kappa shape index (κ2) is 7.64. The van der Waals surface area contributed by atoms with Gasteiger partial charge in [0.15, 0.2) is 0 Å². The van der Waals surface area contributed by atoms with Gasteiger partial charge in [0, 0.05) is 18.0 Å². The zero-order valence-corrected chi connectivity index (χ0v) is 18.7. The number of hydrogen-bond donors (Lipinski definition) is 1. The van der Waals surface area contributed by atoms with E-state index in [2.05, 4.69) is 47.4 Å². The van der Waals surface area contributed by atoms with Crippen LogP contribution in [-0.4, -0.2) is 42.4 Å². The molecule has 4 aliphatic rings. The lowest BCUT2D eigenvalue weighted by Gasteiger charge is -2.60. The van der Waals surface area contributed by atoms with Crippen LogP contribution >= 0.6 is 0 Å². The van der Waals surface area contributed by atoms with Gasteiger partial charge in [-0.15, -0.1) is 0 Å². The molecule has 1 saturated heterocycles. The zero-order chi connectivity index (χ0) is 21.0. The Morgan fingerprint density at radius 3 is 2.71 bits per heavy atom. The molecule has 3 aliphatic carbocycles. The molecule has 3 nitrogen and oxygen atoms in total.